The van der Waals surface area contributed by atoms with E-state index < -0.39 is 0 Å². The van der Waals surface area contributed by atoms with Gasteiger partial charge in [0, 0.05) is 25.7 Å². The minimum Gasteiger partial charge on any atom is -0.466 e. The highest BCUT2D eigenvalue weighted by atomic mass is 16.5. The summed E-state index contributed by atoms with van der Waals surface area (Å²) in [6.07, 6.45) is 3.83. The molecule has 0 atom stereocenters. The lowest BCUT2D eigenvalue weighted by atomic mass is 10.2. The van der Waals surface area contributed by atoms with Crippen LogP contribution in [-0.2, 0) is 16.1 Å². The molecule has 0 unspecified atom stereocenters. The van der Waals surface area contributed by atoms with E-state index >= 15 is 0 Å². The lowest BCUT2D eigenvalue weighted by Crippen LogP contribution is -2.24. The molecule has 1 aromatic heterocycles. The maximum absolute atomic E-state index is 11.8. The molecule has 6 nitrogen and oxygen atoms in total. The highest BCUT2D eigenvalue weighted by Crippen LogP contribution is 2.05. The van der Waals surface area contributed by atoms with Crippen LogP contribution in [0.5, 0.6) is 0 Å². The Hall–Kier alpha value is -2.11. The third kappa shape index (κ3) is 3.94. The Labute approximate surface area is 112 Å². The molecule has 1 heterocycles. The zero-order valence-electron chi connectivity index (χ0n) is 11.7. The van der Waals surface area contributed by atoms with Crippen LogP contribution in [0.4, 0.5) is 5.69 Å². The van der Waals surface area contributed by atoms with Crippen LogP contribution in [0.15, 0.2) is 28.7 Å². The zero-order chi connectivity index (χ0) is 14.4. The standard InChI is InChI=1S/C13H19N3O3/c1-5-10(13(18)19-4)6-7-16-12(17)8-11(9-14-16)15(2)3/h6,8-9H,5,7H2,1-4H3. The molecule has 104 valence electrons. The van der Waals surface area contributed by atoms with E-state index in [0.29, 0.717) is 12.0 Å². The maximum atomic E-state index is 11.8. The van der Waals surface area contributed by atoms with E-state index in [-0.39, 0.29) is 18.1 Å². The van der Waals surface area contributed by atoms with Crippen molar-refractivity contribution in [1.29, 1.82) is 0 Å². The molecule has 0 fully saturated rings. The van der Waals surface area contributed by atoms with E-state index in [2.05, 4.69) is 9.84 Å². The van der Waals surface area contributed by atoms with Gasteiger partial charge >= 0.3 is 5.97 Å². The number of anilines is 1. The highest BCUT2D eigenvalue weighted by Gasteiger charge is 2.07. The van der Waals surface area contributed by atoms with Crippen LogP contribution in [-0.4, -0.2) is 37.0 Å². The molecule has 1 rings (SSSR count). The van der Waals surface area contributed by atoms with Gasteiger partial charge in [-0.3, -0.25) is 4.79 Å². The average molecular weight is 265 g/mol. The van der Waals surface area contributed by atoms with Crippen molar-refractivity contribution < 1.29 is 9.53 Å². The van der Waals surface area contributed by atoms with Gasteiger partial charge in [0.2, 0.25) is 0 Å². The second-order valence-corrected chi connectivity index (χ2v) is 4.20. The largest absolute Gasteiger partial charge is 0.466 e. The highest BCUT2D eigenvalue weighted by molar-refractivity contribution is 5.88. The van der Waals surface area contributed by atoms with E-state index in [1.165, 1.54) is 17.9 Å². The van der Waals surface area contributed by atoms with Gasteiger partial charge in [0.05, 0.1) is 25.5 Å². The molecule has 0 amide bonds. The number of allylic oxidation sites excluding steroid dienone is 1. The molecule has 0 aliphatic heterocycles. The van der Waals surface area contributed by atoms with Gasteiger partial charge in [-0.05, 0) is 6.42 Å². The molecule has 19 heavy (non-hydrogen) atoms. The SMILES string of the molecule is CCC(=CCn1ncc(N(C)C)cc1=O)C(=O)OC. The second kappa shape index (κ2) is 6.72. The summed E-state index contributed by atoms with van der Waals surface area (Å²) in [5, 5.41) is 4.06. The van der Waals surface area contributed by atoms with E-state index in [0.717, 1.165) is 5.69 Å². The van der Waals surface area contributed by atoms with E-state index in [1.807, 2.05) is 21.0 Å². The monoisotopic (exact) mass is 265 g/mol. The average Bonchev–Trinajstić information content (AvgIpc) is 2.40. The number of hydrogen-bond donors (Lipinski definition) is 0. The molecule has 0 aliphatic rings. The predicted octanol–water partition coefficient (Wildman–Crippen LogP) is 0.819. The van der Waals surface area contributed by atoms with Gasteiger partial charge in [-0.2, -0.15) is 5.10 Å². The molecule has 0 bridgehead atoms. The van der Waals surface area contributed by atoms with Crippen LogP contribution in [0.1, 0.15) is 13.3 Å². The topological polar surface area (TPSA) is 64.4 Å². The van der Waals surface area contributed by atoms with Crippen molar-refractivity contribution in [2.24, 2.45) is 0 Å². The fraction of sp³-hybridized carbons (Fsp3) is 0.462. The van der Waals surface area contributed by atoms with Gasteiger partial charge in [0.15, 0.2) is 0 Å². The minimum absolute atomic E-state index is 0.206. The lowest BCUT2D eigenvalue weighted by Gasteiger charge is -2.11. The number of hydrogen-bond acceptors (Lipinski definition) is 5. The Balaban J connectivity index is 2.92. The van der Waals surface area contributed by atoms with E-state index in [9.17, 15) is 9.59 Å². The van der Waals surface area contributed by atoms with Gasteiger partial charge in [0.25, 0.3) is 5.56 Å². The van der Waals surface area contributed by atoms with Gasteiger partial charge in [-0.15, -0.1) is 0 Å². The summed E-state index contributed by atoms with van der Waals surface area (Å²) in [5.41, 5.74) is 1.07. The molecule has 0 spiro atoms. The number of methoxy groups -OCH3 is 1. The van der Waals surface area contributed by atoms with E-state index in [4.69, 9.17) is 0 Å². The molecule has 0 aliphatic carbocycles. The normalized spacial score (nSPS) is 11.3. The van der Waals surface area contributed by atoms with Crippen LogP contribution in [0.25, 0.3) is 0 Å². The number of nitrogens with zero attached hydrogens (tertiary/aromatic N) is 3. The number of carbonyl (C=O) groups is 1. The quantitative estimate of drug-likeness (QED) is 0.582. The molecule has 0 radical (unpaired) electrons. The van der Waals surface area contributed by atoms with Gasteiger partial charge in [-0.1, -0.05) is 13.0 Å². The van der Waals surface area contributed by atoms with Crippen molar-refractivity contribution in [3.05, 3.63) is 34.3 Å². The molecule has 0 saturated heterocycles. The first kappa shape index (κ1) is 14.9. The van der Waals surface area contributed by atoms with Crippen LogP contribution in [0.3, 0.4) is 0 Å². The Morgan fingerprint density at radius 1 is 1.53 bits per heavy atom. The van der Waals surface area contributed by atoms with Crippen molar-refractivity contribution in [2.45, 2.75) is 19.9 Å². The fourth-order valence-electron chi connectivity index (χ4n) is 1.51. The number of ether oxygens (including phenoxy) is 1. The second-order valence-electron chi connectivity index (χ2n) is 4.20. The summed E-state index contributed by atoms with van der Waals surface area (Å²) in [4.78, 5) is 25.0. The Bertz CT molecular complexity index is 532. The van der Waals surface area contributed by atoms with Crippen molar-refractivity contribution in [3.8, 4) is 0 Å². The van der Waals surface area contributed by atoms with Crippen LogP contribution in [0.2, 0.25) is 0 Å². The van der Waals surface area contributed by atoms with Crippen molar-refractivity contribution >= 4 is 11.7 Å². The smallest absolute Gasteiger partial charge is 0.333 e. The number of carbonyl (C=O) groups excluding carboxylic acids is 1. The predicted molar refractivity (Wildman–Crippen MR) is 73.2 cm³/mol. The molecular formula is C13H19N3O3. The third-order valence-electron chi connectivity index (χ3n) is 2.71. The third-order valence-corrected chi connectivity index (χ3v) is 2.71. The molecule has 0 saturated carbocycles. The summed E-state index contributed by atoms with van der Waals surface area (Å²) in [6, 6.07) is 1.50. The van der Waals surface area contributed by atoms with Gasteiger partial charge in [0.1, 0.15) is 0 Å². The Morgan fingerprint density at radius 2 is 2.21 bits per heavy atom. The summed E-state index contributed by atoms with van der Waals surface area (Å²) in [6.45, 7) is 2.11. The summed E-state index contributed by atoms with van der Waals surface area (Å²) >= 11 is 0. The fourth-order valence-corrected chi connectivity index (χ4v) is 1.51. The van der Waals surface area contributed by atoms with Gasteiger partial charge in [-0.25, -0.2) is 9.48 Å². The number of aromatic nitrogens is 2. The van der Waals surface area contributed by atoms with E-state index in [1.54, 1.807) is 17.2 Å². The lowest BCUT2D eigenvalue weighted by molar-refractivity contribution is -0.136. The first-order valence-corrected chi connectivity index (χ1v) is 6.01. The molecule has 6 heteroatoms. The van der Waals surface area contributed by atoms with Crippen molar-refractivity contribution in [2.75, 3.05) is 26.1 Å². The van der Waals surface area contributed by atoms with Gasteiger partial charge < -0.3 is 9.64 Å². The first-order chi connectivity index (χ1) is 8.99. The molecule has 1 aromatic rings. The summed E-state index contributed by atoms with van der Waals surface area (Å²) in [5.74, 6) is -0.375. The van der Waals surface area contributed by atoms with Crippen LogP contribution in [0, 0.1) is 0 Å². The Kier molecular flexibility index (Phi) is 5.29. The maximum Gasteiger partial charge on any atom is 0.333 e. The summed E-state index contributed by atoms with van der Waals surface area (Å²) in [7, 11) is 5.02. The first-order valence-electron chi connectivity index (χ1n) is 6.01. The number of esters is 1. The van der Waals surface area contributed by atoms with Crippen LogP contribution < -0.4 is 10.5 Å². The zero-order valence-corrected chi connectivity index (χ0v) is 11.7. The molecule has 0 aromatic carbocycles. The summed E-state index contributed by atoms with van der Waals surface area (Å²) < 4.78 is 5.95. The number of rotatable bonds is 5. The molecule has 0 N–H and O–H groups in total. The van der Waals surface area contributed by atoms with Crippen molar-refractivity contribution in [3.63, 3.8) is 0 Å². The minimum atomic E-state index is -0.375. The molecular weight excluding hydrogens is 246 g/mol. The Morgan fingerprint density at radius 3 is 2.68 bits per heavy atom. The van der Waals surface area contributed by atoms with Crippen molar-refractivity contribution in [1.82, 2.24) is 9.78 Å². The van der Waals surface area contributed by atoms with Crippen LogP contribution >= 0.6 is 0 Å².